The maximum absolute atomic E-state index is 13.6. The smallest absolute Gasteiger partial charge is 0.269 e. The van der Waals surface area contributed by atoms with Crippen LogP contribution < -0.4 is 14.8 Å². The van der Waals surface area contributed by atoms with Crippen molar-refractivity contribution in [1.29, 1.82) is 0 Å². The van der Waals surface area contributed by atoms with Crippen LogP contribution in [0.15, 0.2) is 63.4 Å². The number of ether oxygens (including phenoxy) is 2. The highest BCUT2D eigenvalue weighted by Gasteiger charge is 2.46. The third kappa shape index (κ3) is 5.31. The summed E-state index contributed by atoms with van der Waals surface area (Å²) in [6, 6.07) is 9.99. The lowest BCUT2D eigenvalue weighted by Gasteiger charge is -2.44. The molecule has 0 saturated heterocycles. The Kier molecular flexibility index (Phi) is 7.15. The molecule has 2 aliphatic carbocycles. The van der Waals surface area contributed by atoms with Crippen LogP contribution in [-0.2, 0) is 16.2 Å². The molecular formula is C31H33BrN2O6. The van der Waals surface area contributed by atoms with Crippen LogP contribution in [0.4, 0.5) is 5.69 Å². The summed E-state index contributed by atoms with van der Waals surface area (Å²) >= 11 is 3.63. The number of ketones is 2. The number of allylic oxidation sites excluding steroid dienone is 4. The molecule has 0 amide bonds. The number of Topliss-reactive ketones (excluding diaryl/α,β-unsaturated/α-hetero) is 2. The number of benzene rings is 2. The van der Waals surface area contributed by atoms with Gasteiger partial charge in [-0.1, -0.05) is 39.8 Å². The van der Waals surface area contributed by atoms with Crippen molar-refractivity contribution in [2.24, 2.45) is 10.8 Å². The van der Waals surface area contributed by atoms with Crippen molar-refractivity contribution >= 4 is 33.2 Å². The number of hydrogen-bond acceptors (Lipinski definition) is 7. The first-order valence-electron chi connectivity index (χ1n) is 13.3. The van der Waals surface area contributed by atoms with Crippen molar-refractivity contribution in [1.82, 2.24) is 5.32 Å². The number of methoxy groups -OCH3 is 1. The van der Waals surface area contributed by atoms with Crippen molar-refractivity contribution < 1.29 is 24.0 Å². The maximum Gasteiger partial charge on any atom is 0.269 e. The third-order valence-electron chi connectivity index (χ3n) is 7.81. The van der Waals surface area contributed by atoms with E-state index in [9.17, 15) is 19.7 Å². The molecule has 2 aromatic rings. The van der Waals surface area contributed by atoms with Crippen molar-refractivity contribution in [3.8, 4) is 11.5 Å². The van der Waals surface area contributed by atoms with Crippen molar-refractivity contribution in [2.75, 3.05) is 7.11 Å². The van der Waals surface area contributed by atoms with Crippen LogP contribution in [0.3, 0.4) is 0 Å². The highest BCUT2D eigenvalue weighted by atomic mass is 79.9. The van der Waals surface area contributed by atoms with Crippen LogP contribution >= 0.6 is 15.9 Å². The lowest BCUT2D eigenvalue weighted by atomic mass is 9.64. The summed E-state index contributed by atoms with van der Waals surface area (Å²) in [7, 11) is 1.53. The fourth-order valence-corrected chi connectivity index (χ4v) is 6.76. The van der Waals surface area contributed by atoms with Crippen molar-refractivity contribution in [2.45, 2.75) is 65.9 Å². The zero-order valence-corrected chi connectivity index (χ0v) is 24.9. The number of nitro benzene ring substituents is 1. The number of rotatable bonds is 6. The van der Waals surface area contributed by atoms with E-state index in [1.165, 1.54) is 19.2 Å². The molecule has 0 atom stereocenters. The number of dihydropyridines is 1. The average Bonchev–Trinajstić information content (AvgIpc) is 2.85. The van der Waals surface area contributed by atoms with Crippen LogP contribution in [0.5, 0.6) is 11.5 Å². The molecule has 8 nitrogen and oxygen atoms in total. The standard InChI is InChI=1S/C31H33BrN2O6/c1-30(2)12-21-27(23(35)14-30)26(28-22(33-21)13-31(3,4)15-24(28)36)18-10-20(32)29(25(11-18)39-5)40-16-17-7-6-8-19(9-17)34(37)38/h6-11,26,33H,12-16H2,1-5H3. The Hall–Kier alpha value is -3.46. The Morgan fingerprint density at radius 3 is 2.12 bits per heavy atom. The summed E-state index contributed by atoms with van der Waals surface area (Å²) in [5, 5.41) is 14.7. The fraction of sp³-hybridized carbons (Fsp3) is 0.419. The summed E-state index contributed by atoms with van der Waals surface area (Å²) < 4.78 is 12.4. The molecule has 3 aliphatic rings. The molecule has 0 radical (unpaired) electrons. The first kappa shape index (κ1) is 28.1. The van der Waals surface area contributed by atoms with E-state index in [2.05, 4.69) is 48.9 Å². The molecule has 2 aromatic carbocycles. The summed E-state index contributed by atoms with van der Waals surface area (Å²) in [4.78, 5) is 38.0. The maximum atomic E-state index is 13.6. The molecule has 1 N–H and O–H groups in total. The van der Waals surface area contributed by atoms with Gasteiger partial charge in [0.25, 0.3) is 5.69 Å². The predicted octanol–water partition coefficient (Wildman–Crippen LogP) is 6.92. The van der Waals surface area contributed by atoms with E-state index in [0.29, 0.717) is 45.5 Å². The van der Waals surface area contributed by atoms with Gasteiger partial charge in [0.1, 0.15) is 6.61 Å². The summed E-state index contributed by atoms with van der Waals surface area (Å²) in [5.41, 5.74) is 4.16. The molecular weight excluding hydrogens is 576 g/mol. The van der Waals surface area contributed by atoms with Gasteiger partial charge in [-0.15, -0.1) is 0 Å². The summed E-state index contributed by atoms with van der Waals surface area (Å²) in [6.07, 6.45) is 2.27. The minimum absolute atomic E-state index is 0.0119. The van der Waals surface area contributed by atoms with Gasteiger partial charge in [0.05, 0.1) is 16.5 Å². The van der Waals surface area contributed by atoms with E-state index in [0.717, 1.165) is 29.8 Å². The number of non-ortho nitro benzene ring substituents is 1. The Morgan fingerprint density at radius 1 is 0.975 bits per heavy atom. The normalized spacial score (nSPS) is 20.1. The molecule has 0 saturated carbocycles. The molecule has 0 fully saturated rings. The average molecular weight is 610 g/mol. The number of nitrogens with one attached hydrogen (secondary N) is 1. The minimum atomic E-state index is -0.505. The Balaban J connectivity index is 1.57. The van der Waals surface area contributed by atoms with Gasteiger partial charge in [-0.25, -0.2) is 0 Å². The quantitative estimate of drug-likeness (QED) is 0.280. The second-order valence-electron chi connectivity index (χ2n) is 12.5. The van der Waals surface area contributed by atoms with Gasteiger partial charge < -0.3 is 14.8 Å². The Morgan fingerprint density at radius 2 is 1.57 bits per heavy atom. The molecule has 5 rings (SSSR count). The second kappa shape index (κ2) is 10.2. The van der Waals surface area contributed by atoms with Crippen LogP contribution in [0, 0.1) is 20.9 Å². The van der Waals surface area contributed by atoms with Crippen LogP contribution in [-0.4, -0.2) is 23.6 Å². The number of hydrogen-bond donors (Lipinski definition) is 1. The Labute approximate surface area is 242 Å². The van der Waals surface area contributed by atoms with Gasteiger partial charge >= 0.3 is 0 Å². The topological polar surface area (TPSA) is 108 Å². The molecule has 210 valence electrons. The predicted molar refractivity (Wildman–Crippen MR) is 154 cm³/mol. The van der Waals surface area contributed by atoms with Gasteiger partial charge in [0, 0.05) is 53.4 Å². The van der Waals surface area contributed by atoms with E-state index in [1.54, 1.807) is 12.1 Å². The molecule has 0 bridgehead atoms. The Bertz CT molecular complexity index is 1450. The van der Waals surface area contributed by atoms with Crippen LogP contribution in [0.2, 0.25) is 0 Å². The summed E-state index contributed by atoms with van der Waals surface area (Å²) in [6.45, 7) is 8.47. The van der Waals surface area contributed by atoms with Gasteiger partial charge in [-0.05, 0) is 62.9 Å². The number of nitro groups is 1. The summed E-state index contributed by atoms with van der Waals surface area (Å²) in [5.74, 6) is 0.463. The van der Waals surface area contributed by atoms with E-state index < -0.39 is 10.8 Å². The van der Waals surface area contributed by atoms with Gasteiger partial charge in [-0.2, -0.15) is 0 Å². The van der Waals surface area contributed by atoms with Crippen LogP contribution in [0.1, 0.15) is 70.4 Å². The highest BCUT2D eigenvalue weighted by molar-refractivity contribution is 9.10. The largest absolute Gasteiger partial charge is 0.493 e. The highest BCUT2D eigenvalue weighted by Crippen LogP contribution is 2.52. The van der Waals surface area contributed by atoms with Crippen LogP contribution in [0.25, 0.3) is 0 Å². The zero-order chi connectivity index (χ0) is 29.0. The molecule has 0 aromatic heterocycles. The molecule has 9 heteroatoms. The van der Waals surface area contributed by atoms with E-state index >= 15 is 0 Å². The van der Waals surface area contributed by atoms with Crippen molar-refractivity contribution in [3.05, 3.63) is 84.7 Å². The zero-order valence-electron chi connectivity index (χ0n) is 23.4. The lowest BCUT2D eigenvalue weighted by Crippen LogP contribution is -2.42. The molecule has 0 unspecified atom stereocenters. The number of halogens is 1. The second-order valence-corrected chi connectivity index (χ2v) is 13.3. The number of carbonyl (C=O) groups excluding carboxylic acids is 2. The molecule has 1 heterocycles. The monoisotopic (exact) mass is 608 g/mol. The van der Waals surface area contributed by atoms with Crippen molar-refractivity contribution in [3.63, 3.8) is 0 Å². The third-order valence-corrected chi connectivity index (χ3v) is 8.40. The van der Waals surface area contributed by atoms with E-state index in [4.69, 9.17) is 9.47 Å². The van der Waals surface area contributed by atoms with Gasteiger partial charge in [0.2, 0.25) is 0 Å². The molecule has 40 heavy (non-hydrogen) atoms. The minimum Gasteiger partial charge on any atom is -0.493 e. The molecule has 1 aliphatic heterocycles. The first-order valence-corrected chi connectivity index (χ1v) is 14.1. The first-order chi connectivity index (χ1) is 18.8. The fourth-order valence-electron chi connectivity index (χ4n) is 6.18. The lowest BCUT2D eigenvalue weighted by molar-refractivity contribution is -0.384. The number of carbonyl (C=O) groups is 2. The SMILES string of the molecule is COc1cc(C2C3=C(CC(C)(C)CC3=O)NC3=C2C(=O)CC(C)(C)C3)cc(Br)c1OCc1cccc([N+](=O)[O-])c1. The number of nitrogens with zero attached hydrogens (tertiary/aromatic N) is 1. The van der Waals surface area contributed by atoms with Gasteiger partial charge in [-0.3, -0.25) is 19.7 Å². The van der Waals surface area contributed by atoms with E-state index in [-0.39, 0.29) is 34.7 Å². The van der Waals surface area contributed by atoms with Gasteiger partial charge in [0.15, 0.2) is 23.1 Å². The molecule has 0 spiro atoms. The van der Waals surface area contributed by atoms with E-state index in [1.807, 2.05) is 12.1 Å².